The standard InChI is InChI=1S/C43H51N5O9S3/c1-27(29-12-14-30(15-13-29)39-28(2)44-26-59-39)45-41(51)35-23-31(49)24-48(35)42(52)40(43(3,4)5)46-37(50)25-56-19-18-55-20-21-57-36-17-16-34(32-9-6-7-10-33(32)36)47-60(53,54)38-11-8-22-58-38/h6-17,22,26-27,31,35,40,47,49H,18-21,23-25H2,1-5H3,(H,45,51)(H,46,50)/t27-,31+,35-,40+/m0/s1. The second kappa shape index (κ2) is 19.6. The Kier molecular flexibility index (Phi) is 14.6. The van der Waals surface area contributed by atoms with Crippen molar-refractivity contribution in [3.63, 3.8) is 0 Å². The second-order valence-corrected chi connectivity index (χ2v) is 19.3. The van der Waals surface area contributed by atoms with Gasteiger partial charge in [0.2, 0.25) is 17.7 Å². The topological polar surface area (TPSA) is 185 Å². The molecule has 1 saturated heterocycles. The fourth-order valence-corrected chi connectivity index (χ4v) is 9.80. The number of thiazole rings is 1. The number of carbonyl (C=O) groups is 3. The number of aryl methyl sites for hydroxylation is 1. The fourth-order valence-electron chi connectivity index (χ4n) is 6.91. The number of aliphatic hydroxyl groups is 1. The minimum absolute atomic E-state index is 0.0345. The van der Waals surface area contributed by atoms with Crippen LogP contribution in [0, 0.1) is 12.3 Å². The quantitative estimate of drug-likeness (QED) is 0.0771. The predicted octanol–water partition coefficient (Wildman–Crippen LogP) is 5.92. The van der Waals surface area contributed by atoms with E-state index >= 15 is 0 Å². The molecule has 6 rings (SSSR count). The van der Waals surface area contributed by atoms with E-state index in [1.165, 1.54) is 4.90 Å². The van der Waals surface area contributed by atoms with Gasteiger partial charge in [-0.25, -0.2) is 13.4 Å². The van der Waals surface area contributed by atoms with Gasteiger partial charge in [0.05, 0.1) is 53.7 Å². The lowest BCUT2D eigenvalue weighted by atomic mass is 9.85. The van der Waals surface area contributed by atoms with E-state index in [9.17, 15) is 27.9 Å². The third-order valence-electron chi connectivity index (χ3n) is 10.0. The summed E-state index contributed by atoms with van der Waals surface area (Å²) >= 11 is 2.71. The molecule has 2 aromatic heterocycles. The Bertz CT molecular complexity index is 2360. The smallest absolute Gasteiger partial charge is 0.271 e. The highest BCUT2D eigenvalue weighted by atomic mass is 32.2. The first-order valence-electron chi connectivity index (χ1n) is 19.6. The summed E-state index contributed by atoms with van der Waals surface area (Å²) in [6.07, 6.45) is -0.812. The Morgan fingerprint density at radius 1 is 0.917 bits per heavy atom. The maximum Gasteiger partial charge on any atom is 0.271 e. The first-order chi connectivity index (χ1) is 28.6. The van der Waals surface area contributed by atoms with Gasteiger partial charge in [0.1, 0.15) is 35.3 Å². The fraction of sp³-hybridized carbons (Fsp3) is 0.395. The highest BCUT2D eigenvalue weighted by Gasteiger charge is 2.44. The third-order valence-corrected chi connectivity index (χ3v) is 13.8. The molecular formula is C43H51N5O9S3. The van der Waals surface area contributed by atoms with Crippen LogP contribution in [0.2, 0.25) is 0 Å². The lowest BCUT2D eigenvalue weighted by Gasteiger charge is -2.35. The van der Waals surface area contributed by atoms with Crippen LogP contribution in [0.3, 0.4) is 0 Å². The van der Waals surface area contributed by atoms with Gasteiger partial charge in [0, 0.05) is 23.7 Å². The zero-order valence-electron chi connectivity index (χ0n) is 34.2. The van der Waals surface area contributed by atoms with E-state index in [1.54, 1.807) is 41.0 Å². The number of aliphatic hydroxyl groups excluding tert-OH is 1. The van der Waals surface area contributed by atoms with Crippen LogP contribution in [0.25, 0.3) is 21.2 Å². The summed E-state index contributed by atoms with van der Waals surface area (Å²) in [6.45, 7) is 9.66. The molecule has 1 fully saturated rings. The van der Waals surface area contributed by atoms with Crippen LogP contribution in [0.4, 0.5) is 5.69 Å². The molecule has 3 aromatic carbocycles. The Morgan fingerprint density at radius 2 is 1.63 bits per heavy atom. The molecule has 320 valence electrons. The van der Waals surface area contributed by atoms with E-state index in [2.05, 4.69) is 20.3 Å². The number of carbonyl (C=O) groups excluding carboxylic acids is 3. The molecular weight excluding hydrogens is 827 g/mol. The lowest BCUT2D eigenvalue weighted by Crippen LogP contribution is -2.58. The zero-order valence-corrected chi connectivity index (χ0v) is 36.6. The molecule has 3 heterocycles. The maximum atomic E-state index is 14.0. The first kappa shape index (κ1) is 44.6. The van der Waals surface area contributed by atoms with Crippen LogP contribution in [0.5, 0.6) is 5.75 Å². The van der Waals surface area contributed by atoms with E-state index in [4.69, 9.17) is 14.2 Å². The number of likely N-dealkylation sites (tertiary alicyclic amines) is 1. The van der Waals surface area contributed by atoms with Crippen LogP contribution < -0.4 is 20.1 Å². The van der Waals surface area contributed by atoms with Gasteiger partial charge in [0.15, 0.2) is 0 Å². The number of nitrogens with zero attached hydrogens (tertiary/aromatic N) is 2. The van der Waals surface area contributed by atoms with Crippen LogP contribution >= 0.6 is 22.7 Å². The Labute approximate surface area is 358 Å². The van der Waals surface area contributed by atoms with Gasteiger partial charge in [-0.1, -0.05) is 75.4 Å². The summed E-state index contributed by atoms with van der Waals surface area (Å²) in [7, 11) is -3.72. The van der Waals surface area contributed by atoms with Crippen molar-refractivity contribution in [1.29, 1.82) is 0 Å². The maximum absolute atomic E-state index is 14.0. The summed E-state index contributed by atoms with van der Waals surface area (Å²) < 4.78 is 45.7. The van der Waals surface area contributed by atoms with Crippen molar-refractivity contribution in [2.24, 2.45) is 5.41 Å². The van der Waals surface area contributed by atoms with Gasteiger partial charge >= 0.3 is 0 Å². The zero-order chi connectivity index (χ0) is 43.0. The van der Waals surface area contributed by atoms with E-state index in [0.29, 0.717) is 16.8 Å². The number of amides is 3. The number of rotatable bonds is 18. The molecule has 14 nitrogen and oxygen atoms in total. The number of anilines is 1. The minimum atomic E-state index is -3.72. The third kappa shape index (κ3) is 11.1. The van der Waals surface area contributed by atoms with Crippen molar-refractivity contribution in [1.82, 2.24) is 20.5 Å². The summed E-state index contributed by atoms with van der Waals surface area (Å²) in [4.78, 5) is 47.4. The molecule has 4 atom stereocenters. The SMILES string of the molecule is Cc1ncsc1-c1ccc([C@H](C)NC(=O)[C@@H]2C[C@@H](O)CN2C(=O)[C@@H](NC(=O)COCCOCCOc2ccc(NS(=O)(=O)c3cccs3)c3ccccc23)C(C)(C)C)cc1. The van der Waals surface area contributed by atoms with Crippen LogP contribution in [0.1, 0.15) is 51.4 Å². The van der Waals surface area contributed by atoms with Crippen molar-refractivity contribution >= 4 is 66.9 Å². The van der Waals surface area contributed by atoms with E-state index in [0.717, 1.165) is 38.4 Å². The minimum Gasteiger partial charge on any atom is -0.491 e. The lowest BCUT2D eigenvalue weighted by molar-refractivity contribution is -0.144. The van der Waals surface area contributed by atoms with Crippen LogP contribution in [-0.4, -0.2) is 98.9 Å². The Balaban J connectivity index is 0.942. The highest BCUT2D eigenvalue weighted by molar-refractivity contribution is 7.94. The van der Waals surface area contributed by atoms with Gasteiger partial charge < -0.3 is 34.9 Å². The van der Waals surface area contributed by atoms with Crippen molar-refractivity contribution in [2.75, 3.05) is 44.3 Å². The van der Waals surface area contributed by atoms with Gasteiger partial charge in [0.25, 0.3) is 10.0 Å². The number of thiophene rings is 1. The normalized spacial score (nSPS) is 16.7. The average Bonchev–Trinajstić information content (AvgIpc) is 4.00. The Hall–Kier alpha value is -4.91. The van der Waals surface area contributed by atoms with Crippen molar-refractivity contribution in [2.45, 2.75) is 69.5 Å². The number of nitrogens with one attached hydrogen (secondary N) is 3. The molecule has 0 spiro atoms. The molecule has 4 N–H and O–H groups in total. The molecule has 60 heavy (non-hydrogen) atoms. The largest absolute Gasteiger partial charge is 0.491 e. The van der Waals surface area contributed by atoms with Gasteiger partial charge in [-0.05, 0) is 54.0 Å². The van der Waals surface area contributed by atoms with Crippen molar-refractivity contribution < 1.29 is 42.1 Å². The summed E-state index contributed by atoms with van der Waals surface area (Å²) in [6, 6.07) is 19.6. The molecule has 0 radical (unpaired) electrons. The second-order valence-electron chi connectivity index (χ2n) is 15.6. The molecule has 1 aliphatic rings. The van der Waals surface area contributed by atoms with Gasteiger partial charge in [-0.3, -0.25) is 19.1 Å². The number of aromatic nitrogens is 1. The number of ether oxygens (including phenoxy) is 3. The van der Waals surface area contributed by atoms with E-state index in [-0.39, 0.29) is 62.2 Å². The molecule has 0 bridgehead atoms. The highest BCUT2D eigenvalue weighted by Crippen LogP contribution is 2.34. The number of hydrogen-bond donors (Lipinski definition) is 4. The molecule has 5 aromatic rings. The number of sulfonamides is 1. The predicted molar refractivity (Wildman–Crippen MR) is 233 cm³/mol. The van der Waals surface area contributed by atoms with Crippen molar-refractivity contribution in [3.05, 3.63) is 94.9 Å². The Morgan fingerprint density at radius 3 is 2.32 bits per heavy atom. The van der Waals surface area contributed by atoms with Gasteiger partial charge in [-0.15, -0.1) is 22.7 Å². The van der Waals surface area contributed by atoms with Crippen molar-refractivity contribution in [3.8, 4) is 16.2 Å². The number of fused-ring (bicyclic) bond motifs is 1. The monoisotopic (exact) mass is 877 g/mol. The van der Waals surface area contributed by atoms with E-state index < -0.39 is 45.4 Å². The molecule has 17 heteroatoms. The molecule has 1 aliphatic heterocycles. The van der Waals surface area contributed by atoms with Crippen LogP contribution in [-0.2, 0) is 33.9 Å². The molecule has 0 unspecified atom stereocenters. The van der Waals surface area contributed by atoms with Gasteiger partial charge in [-0.2, -0.15) is 0 Å². The van der Waals surface area contributed by atoms with Crippen LogP contribution in [0.15, 0.2) is 87.9 Å². The first-order valence-corrected chi connectivity index (χ1v) is 22.8. The number of β-amino-alcohol motifs (C(OH)–C–C–N with tert-alkyl or cyclic N) is 1. The summed E-state index contributed by atoms with van der Waals surface area (Å²) in [5, 5.41) is 19.5. The molecule has 0 aliphatic carbocycles. The average molecular weight is 878 g/mol. The summed E-state index contributed by atoms with van der Waals surface area (Å²) in [5.41, 5.74) is 4.41. The van der Waals surface area contributed by atoms with E-state index in [1.807, 2.05) is 88.7 Å². The molecule has 3 amide bonds. The molecule has 0 saturated carbocycles. The summed E-state index contributed by atoms with van der Waals surface area (Å²) in [5.74, 6) is -0.789. The number of hydrogen-bond acceptors (Lipinski definition) is 12. The number of benzene rings is 3.